The summed E-state index contributed by atoms with van der Waals surface area (Å²) in [5.74, 6) is -0.522. The molecule has 0 aliphatic heterocycles. The molecule has 0 heterocycles. The average Bonchev–Trinajstić information content (AvgIpc) is 2.82. The van der Waals surface area contributed by atoms with Crippen LogP contribution in [0, 0.1) is 5.82 Å². The molecule has 0 saturated heterocycles. The highest BCUT2D eigenvalue weighted by Gasteiger charge is 2.28. The van der Waals surface area contributed by atoms with Crippen molar-refractivity contribution in [1.82, 2.24) is 10.2 Å². The molecule has 0 aromatic heterocycles. The number of para-hydroxylation sites is 1. The quantitative estimate of drug-likeness (QED) is 0.449. The molecule has 1 atom stereocenters. The molecule has 35 heavy (non-hydrogen) atoms. The molecule has 192 valence electrons. The molecule has 2 rings (SSSR count). The third kappa shape index (κ3) is 7.95. The lowest BCUT2D eigenvalue weighted by atomic mass is 10.1. The van der Waals surface area contributed by atoms with E-state index >= 15 is 0 Å². The highest BCUT2D eigenvalue weighted by atomic mass is 32.2. The van der Waals surface area contributed by atoms with E-state index in [0.717, 1.165) is 16.1 Å². The van der Waals surface area contributed by atoms with Gasteiger partial charge < -0.3 is 15.0 Å². The summed E-state index contributed by atoms with van der Waals surface area (Å²) >= 11 is 0. The Balaban J connectivity index is 2.21. The number of carbonyl (C=O) groups is 2. The van der Waals surface area contributed by atoms with Crippen molar-refractivity contribution >= 4 is 27.5 Å². The fourth-order valence-corrected chi connectivity index (χ4v) is 4.74. The molecule has 2 amide bonds. The second kappa shape index (κ2) is 13.1. The molecule has 0 fully saturated rings. The Hall–Kier alpha value is -3.14. The number of likely N-dealkylation sites (N-methyl/N-ethyl adjacent to an activating group) is 1. The van der Waals surface area contributed by atoms with Crippen LogP contribution in [0.15, 0.2) is 48.5 Å². The van der Waals surface area contributed by atoms with E-state index in [1.807, 2.05) is 26.0 Å². The van der Waals surface area contributed by atoms with Crippen molar-refractivity contribution in [3.05, 3.63) is 59.9 Å². The molecule has 0 aliphatic rings. The van der Waals surface area contributed by atoms with Crippen molar-refractivity contribution in [1.29, 1.82) is 0 Å². The van der Waals surface area contributed by atoms with Crippen LogP contribution in [0.3, 0.4) is 0 Å². The molecule has 0 aliphatic carbocycles. The van der Waals surface area contributed by atoms with E-state index in [9.17, 15) is 22.4 Å². The minimum Gasteiger partial charge on any atom is -0.497 e. The number of anilines is 1. The number of nitrogens with zero attached hydrogens (tertiary/aromatic N) is 2. The first-order chi connectivity index (χ1) is 16.6. The summed E-state index contributed by atoms with van der Waals surface area (Å²) in [5.41, 5.74) is 0.761. The van der Waals surface area contributed by atoms with E-state index in [1.54, 1.807) is 25.3 Å². The normalized spacial score (nSPS) is 12.0. The predicted octanol–water partition coefficient (Wildman–Crippen LogP) is 3.32. The van der Waals surface area contributed by atoms with Gasteiger partial charge in [-0.3, -0.25) is 13.9 Å². The third-order valence-corrected chi connectivity index (χ3v) is 6.70. The van der Waals surface area contributed by atoms with E-state index in [2.05, 4.69) is 5.32 Å². The molecular weight excluding hydrogens is 473 g/mol. The number of hydrogen-bond donors (Lipinski definition) is 1. The molecule has 0 spiro atoms. The summed E-state index contributed by atoms with van der Waals surface area (Å²) in [5, 5.41) is 2.78. The minimum atomic E-state index is -3.76. The second-order valence-corrected chi connectivity index (χ2v) is 9.99. The van der Waals surface area contributed by atoms with Crippen molar-refractivity contribution in [2.75, 3.05) is 30.8 Å². The maximum atomic E-state index is 14.3. The van der Waals surface area contributed by atoms with Crippen molar-refractivity contribution < 1.29 is 27.1 Å². The van der Waals surface area contributed by atoms with Gasteiger partial charge in [0.2, 0.25) is 21.8 Å². The number of amides is 2. The smallest absolute Gasteiger partial charge is 0.242 e. The Labute approximate surface area is 207 Å². The van der Waals surface area contributed by atoms with Crippen LogP contribution in [0.1, 0.15) is 38.7 Å². The zero-order valence-electron chi connectivity index (χ0n) is 20.7. The summed E-state index contributed by atoms with van der Waals surface area (Å²) in [6.45, 7) is 4.22. The molecule has 1 N–H and O–H groups in total. The molecule has 0 saturated carbocycles. The van der Waals surface area contributed by atoms with Gasteiger partial charge in [-0.15, -0.1) is 0 Å². The molecule has 0 unspecified atom stereocenters. The number of ether oxygens (including phenoxy) is 1. The highest BCUT2D eigenvalue weighted by Crippen LogP contribution is 2.23. The summed E-state index contributed by atoms with van der Waals surface area (Å²) in [6, 6.07) is 12.1. The lowest BCUT2D eigenvalue weighted by Crippen LogP contribution is -2.49. The minimum absolute atomic E-state index is 0.00741. The SMILES string of the molecule is CCNC(=O)[C@@H](CC)N(Cc1ccc(OC)cc1)C(=O)CCCN(c1ccccc1F)S(C)(=O)=O. The van der Waals surface area contributed by atoms with E-state index < -0.39 is 21.9 Å². The van der Waals surface area contributed by atoms with E-state index in [0.29, 0.717) is 18.7 Å². The van der Waals surface area contributed by atoms with Crippen molar-refractivity contribution in [3.63, 3.8) is 0 Å². The van der Waals surface area contributed by atoms with Gasteiger partial charge in [-0.2, -0.15) is 0 Å². The summed E-state index contributed by atoms with van der Waals surface area (Å²) < 4.78 is 45.0. The number of rotatable bonds is 13. The first-order valence-electron chi connectivity index (χ1n) is 11.5. The van der Waals surface area contributed by atoms with Crippen LogP contribution in [-0.2, 0) is 26.2 Å². The molecule has 2 aromatic rings. The topological polar surface area (TPSA) is 96.0 Å². The van der Waals surface area contributed by atoms with Crippen LogP contribution in [0.5, 0.6) is 5.75 Å². The van der Waals surface area contributed by atoms with Crippen LogP contribution in [-0.4, -0.2) is 57.6 Å². The van der Waals surface area contributed by atoms with Gasteiger partial charge in [0.15, 0.2) is 0 Å². The number of halogens is 1. The molecule has 10 heteroatoms. The van der Waals surface area contributed by atoms with Gasteiger partial charge in [0.1, 0.15) is 17.6 Å². The first-order valence-corrected chi connectivity index (χ1v) is 13.4. The van der Waals surface area contributed by atoms with Gasteiger partial charge in [-0.25, -0.2) is 12.8 Å². The van der Waals surface area contributed by atoms with Gasteiger partial charge >= 0.3 is 0 Å². The number of methoxy groups -OCH3 is 1. The summed E-state index contributed by atoms with van der Waals surface area (Å²) in [7, 11) is -2.20. The number of hydrogen-bond acceptors (Lipinski definition) is 5. The Morgan fingerprint density at radius 1 is 1.09 bits per heavy atom. The van der Waals surface area contributed by atoms with E-state index in [4.69, 9.17) is 4.74 Å². The van der Waals surface area contributed by atoms with Gasteiger partial charge in [0, 0.05) is 26.1 Å². The fourth-order valence-electron chi connectivity index (χ4n) is 3.78. The molecule has 0 bridgehead atoms. The van der Waals surface area contributed by atoms with E-state index in [1.165, 1.54) is 23.1 Å². The Bertz CT molecular complexity index is 1090. The standard InChI is InChI=1S/C25H34FN3O5S/c1-5-22(25(31)27-6-2)28(18-19-13-15-20(34-3)16-14-19)24(30)12-9-17-29(35(4,32)33)23-11-8-7-10-21(23)26/h7-8,10-11,13-16,22H,5-6,9,12,17-18H2,1-4H3,(H,27,31)/t22-/m1/s1. The molecule has 2 aromatic carbocycles. The van der Waals surface area contributed by atoms with Crippen molar-refractivity contribution in [2.24, 2.45) is 0 Å². The number of sulfonamides is 1. The summed E-state index contributed by atoms with van der Waals surface area (Å²) in [6.07, 6.45) is 1.57. The largest absolute Gasteiger partial charge is 0.497 e. The third-order valence-electron chi connectivity index (χ3n) is 5.52. The first kappa shape index (κ1) is 28.1. The van der Waals surface area contributed by atoms with Gasteiger partial charge in [-0.05, 0) is 49.6 Å². The van der Waals surface area contributed by atoms with Crippen LogP contribution in [0.25, 0.3) is 0 Å². The Morgan fingerprint density at radius 3 is 2.29 bits per heavy atom. The van der Waals surface area contributed by atoms with Crippen molar-refractivity contribution in [2.45, 2.75) is 45.7 Å². The average molecular weight is 508 g/mol. The van der Waals surface area contributed by atoms with Gasteiger partial charge in [0.25, 0.3) is 0 Å². The van der Waals surface area contributed by atoms with Crippen LogP contribution in [0.4, 0.5) is 10.1 Å². The molecule has 8 nitrogen and oxygen atoms in total. The lowest BCUT2D eigenvalue weighted by molar-refractivity contribution is -0.141. The van der Waals surface area contributed by atoms with Crippen LogP contribution < -0.4 is 14.4 Å². The monoisotopic (exact) mass is 507 g/mol. The second-order valence-electron chi connectivity index (χ2n) is 8.08. The van der Waals surface area contributed by atoms with Crippen LogP contribution >= 0.6 is 0 Å². The predicted molar refractivity (Wildman–Crippen MR) is 134 cm³/mol. The zero-order valence-corrected chi connectivity index (χ0v) is 21.5. The fraction of sp³-hybridized carbons (Fsp3) is 0.440. The summed E-state index contributed by atoms with van der Waals surface area (Å²) in [4.78, 5) is 27.5. The Kier molecular flexibility index (Phi) is 10.5. The maximum absolute atomic E-state index is 14.3. The van der Waals surface area contributed by atoms with Gasteiger partial charge in [0.05, 0.1) is 19.1 Å². The number of benzene rings is 2. The lowest BCUT2D eigenvalue weighted by Gasteiger charge is -2.31. The zero-order chi connectivity index (χ0) is 26.0. The Morgan fingerprint density at radius 2 is 1.74 bits per heavy atom. The van der Waals surface area contributed by atoms with Crippen LogP contribution in [0.2, 0.25) is 0 Å². The molecule has 0 radical (unpaired) electrons. The number of nitrogens with one attached hydrogen (secondary N) is 1. The van der Waals surface area contributed by atoms with Gasteiger partial charge in [-0.1, -0.05) is 31.2 Å². The number of carbonyl (C=O) groups excluding carboxylic acids is 2. The maximum Gasteiger partial charge on any atom is 0.242 e. The highest BCUT2D eigenvalue weighted by molar-refractivity contribution is 7.92. The van der Waals surface area contributed by atoms with Crippen molar-refractivity contribution in [3.8, 4) is 5.75 Å². The van der Waals surface area contributed by atoms with E-state index in [-0.39, 0.29) is 43.4 Å². The molecular formula is C25H34FN3O5S.